The van der Waals surface area contributed by atoms with Crippen LogP contribution in [0.2, 0.25) is 0 Å². The van der Waals surface area contributed by atoms with Gasteiger partial charge in [-0.1, -0.05) is 17.3 Å². The second-order valence-electron chi connectivity index (χ2n) is 3.43. The molecule has 1 aliphatic carbocycles. The first-order valence-electron chi connectivity index (χ1n) is 4.70. The lowest BCUT2D eigenvalue weighted by molar-refractivity contribution is 0.0950. The van der Waals surface area contributed by atoms with Gasteiger partial charge in [-0.25, -0.2) is 0 Å². The summed E-state index contributed by atoms with van der Waals surface area (Å²) in [4.78, 5) is 15.2. The molecule has 6 nitrogen and oxygen atoms in total. The molecule has 0 fully saturated rings. The van der Waals surface area contributed by atoms with Crippen LogP contribution < -0.4 is 11.1 Å². The van der Waals surface area contributed by atoms with Crippen LogP contribution in [-0.4, -0.2) is 29.1 Å². The van der Waals surface area contributed by atoms with Crippen molar-refractivity contribution in [3.05, 3.63) is 23.9 Å². The Morgan fingerprint density at radius 1 is 1.67 bits per heavy atom. The summed E-state index contributed by atoms with van der Waals surface area (Å²) in [5.74, 6) is 0.182. The van der Waals surface area contributed by atoms with Crippen LogP contribution in [0.25, 0.3) is 0 Å². The van der Waals surface area contributed by atoms with Gasteiger partial charge in [0.2, 0.25) is 5.89 Å². The third-order valence-corrected chi connectivity index (χ3v) is 2.31. The molecule has 0 bridgehead atoms. The van der Waals surface area contributed by atoms with Crippen molar-refractivity contribution in [3.8, 4) is 0 Å². The van der Waals surface area contributed by atoms with Crippen molar-refractivity contribution in [2.24, 2.45) is 5.73 Å². The maximum absolute atomic E-state index is 11.2. The Bertz CT molecular complexity index is 399. The molecule has 2 rings (SSSR count). The average Bonchev–Trinajstić information content (AvgIpc) is 2.84. The molecule has 0 spiro atoms. The van der Waals surface area contributed by atoms with Gasteiger partial charge in [0.1, 0.15) is 0 Å². The van der Waals surface area contributed by atoms with Crippen LogP contribution in [0.4, 0.5) is 0 Å². The minimum absolute atomic E-state index is 0.0327. The van der Waals surface area contributed by atoms with E-state index in [0.29, 0.717) is 5.89 Å². The lowest BCUT2D eigenvalue weighted by Crippen LogP contribution is -2.19. The summed E-state index contributed by atoms with van der Waals surface area (Å²) in [6, 6.07) is 0.0327. The first-order chi connectivity index (χ1) is 7.20. The molecule has 1 aromatic rings. The maximum Gasteiger partial charge on any atom is 0.292 e. The van der Waals surface area contributed by atoms with Crippen LogP contribution in [0.1, 0.15) is 28.8 Å². The summed E-state index contributed by atoms with van der Waals surface area (Å²) >= 11 is 0. The molecule has 0 aliphatic heterocycles. The number of aromatic nitrogens is 2. The number of amides is 1. The number of hydrogen-bond donors (Lipinski definition) is 2. The smallest absolute Gasteiger partial charge is 0.292 e. The monoisotopic (exact) mass is 208 g/mol. The van der Waals surface area contributed by atoms with Crippen LogP contribution >= 0.6 is 0 Å². The highest BCUT2D eigenvalue weighted by Gasteiger charge is 2.24. The molecule has 2 unspecified atom stereocenters. The maximum atomic E-state index is 11.2. The molecule has 6 heteroatoms. The first kappa shape index (κ1) is 9.85. The molecule has 80 valence electrons. The van der Waals surface area contributed by atoms with Gasteiger partial charge in [0.15, 0.2) is 0 Å². The fourth-order valence-electron chi connectivity index (χ4n) is 1.50. The van der Waals surface area contributed by atoms with Gasteiger partial charge in [0, 0.05) is 13.1 Å². The number of nitrogens with zero attached hydrogens (tertiary/aromatic N) is 2. The number of carbonyl (C=O) groups excluding carboxylic acids is 1. The minimum atomic E-state index is -0.351. The van der Waals surface area contributed by atoms with Gasteiger partial charge in [0.05, 0.1) is 5.92 Å². The van der Waals surface area contributed by atoms with E-state index in [1.54, 1.807) is 0 Å². The van der Waals surface area contributed by atoms with E-state index >= 15 is 0 Å². The molecule has 2 atom stereocenters. The molecule has 3 N–H and O–H groups in total. The second-order valence-corrected chi connectivity index (χ2v) is 3.43. The Labute approximate surface area is 86.5 Å². The van der Waals surface area contributed by atoms with Gasteiger partial charge in [-0.05, 0) is 6.42 Å². The van der Waals surface area contributed by atoms with Gasteiger partial charge in [-0.15, -0.1) is 0 Å². The van der Waals surface area contributed by atoms with Crippen LogP contribution in [0.3, 0.4) is 0 Å². The van der Waals surface area contributed by atoms with Crippen LogP contribution in [0.5, 0.6) is 0 Å². The Morgan fingerprint density at radius 2 is 2.47 bits per heavy atom. The van der Waals surface area contributed by atoms with E-state index in [4.69, 9.17) is 10.3 Å². The van der Waals surface area contributed by atoms with Gasteiger partial charge in [-0.2, -0.15) is 4.98 Å². The summed E-state index contributed by atoms with van der Waals surface area (Å²) in [5, 5.41) is 6.01. The third kappa shape index (κ3) is 1.89. The van der Waals surface area contributed by atoms with E-state index < -0.39 is 0 Å². The largest absolute Gasteiger partial charge is 0.352 e. The lowest BCUT2D eigenvalue weighted by Gasteiger charge is -2.01. The highest BCUT2D eigenvalue weighted by molar-refractivity contribution is 5.89. The standard InChI is InChI=1S/C9H12N4O2/c1-11-8(14)7-12-9(15-13-7)5-2-3-6(10)4-5/h2-3,5-6H,4,10H2,1H3,(H,11,14). The van der Waals surface area contributed by atoms with Crippen molar-refractivity contribution in [2.45, 2.75) is 18.4 Å². The molecule has 1 heterocycles. The fourth-order valence-corrected chi connectivity index (χ4v) is 1.50. The third-order valence-electron chi connectivity index (χ3n) is 2.31. The molecule has 0 saturated carbocycles. The number of allylic oxidation sites excluding steroid dienone is 1. The summed E-state index contributed by atoms with van der Waals surface area (Å²) in [5.41, 5.74) is 5.70. The van der Waals surface area contributed by atoms with Crippen LogP contribution in [-0.2, 0) is 0 Å². The van der Waals surface area contributed by atoms with Crippen molar-refractivity contribution < 1.29 is 9.32 Å². The van der Waals surface area contributed by atoms with E-state index in [9.17, 15) is 4.79 Å². The first-order valence-corrected chi connectivity index (χ1v) is 4.70. The van der Waals surface area contributed by atoms with E-state index in [2.05, 4.69) is 15.5 Å². The van der Waals surface area contributed by atoms with Crippen LogP contribution in [0, 0.1) is 0 Å². The number of hydrogen-bond acceptors (Lipinski definition) is 5. The minimum Gasteiger partial charge on any atom is -0.352 e. The Kier molecular flexibility index (Phi) is 2.51. The fraction of sp³-hybridized carbons (Fsp3) is 0.444. The predicted molar refractivity (Wildman–Crippen MR) is 52.2 cm³/mol. The summed E-state index contributed by atoms with van der Waals surface area (Å²) in [7, 11) is 1.52. The van der Waals surface area contributed by atoms with Gasteiger partial charge >= 0.3 is 0 Å². The summed E-state index contributed by atoms with van der Waals surface area (Å²) in [6.45, 7) is 0. The average molecular weight is 208 g/mol. The van der Waals surface area contributed by atoms with Gasteiger partial charge in [-0.3, -0.25) is 4.79 Å². The highest BCUT2D eigenvalue weighted by atomic mass is 16.5. The zero-order valence-electron chi connectivity index (χ0n) is 8.30. The molecule has 1 amide bonds. The molecule has 15 heavy (non-hydrogen) atoms. The van der Waals surface area contributed by atoms with Crippen molar-refractivity contribution in [3.63, 3.8) is 0 Å². The molecular formula is C9H12N4O2. The molecular weight excluding hydrogens is 196 g/mol. The number of carbonyl (C=O) groups is 1. The lowest BCUT2D eigenvalue weighted by atomic mass is 10.1. The number of rotatable bonds is 2. The molecule has 1 aliphatic rings. The van der Waals surface area contributed by atoms with Gasteiger partial charge < -0.3 is 15.6 Å². The van der Waals surface area contributed by atoms with E-state index in [1.807, 2.05) is 12.2 Å². The zero-order valence-corrected chi connectivity index (χ0v) is 8.30. The van der Waals surface area contributed by atoms with Crippen molar-refractivity contribution in [2.75, 3.05) is 7.05 Å². The molecule has 0 saturated heterocycles. The number of nitrogens with one attached hydrogen (secondary N) is 1. The summed E-state index contributed by atoms with van der Waals surface area (Å²) in [6.07, 6.45) is 4.57. The van der Waals surface area contributed by atoms with E-state index in [0.717, 1.165) is 6.42 Å². The molecule has 0 aromatic carbocycles. The Balaban J connectivity index is 2.14. The predicted octanol–water partition coefficient (Wildman–Crippen LogP) is -0.200. The Morgan fingerprint density at radius 3 is 3.07 bits per heavy atom. The quantitative estimate of drug-likeness (QED) is 0.656. The summed E-state index contributed by atoms with van der Waals surface area (Å²) < 4.78 is 4.99. The molecule has 1 aromatic heterocycles. The second kappa shape index (κ2) is 3.82. The highest BCUT2D eigenvalue weighted by Crippen LogP contribution is 2.26. The van der Waals surface area contributed by atoms with Crippen molar-refractivity contribution in [1.82, 2.24) is 15.5 Å². The SMILES string of the molecule is CNC(=O)c1noc(C2C=CC(N)C2)n1. The normalized spacial score (nSPS) is 24.4. The zero-order chi connectivity index (χ0) is 10.8. The number of nitrogens with two attached hydrogens (primary N) is 1. The van der Waals surface area contributed by atoms with Crippen molar-refractivity contribution in [1.29, 1.82) is 0 Å². The van der Waals surface area contributed by atoms with Crippen LogP contribution in [0.15, 0.2) is 16.7 Å². The van der Waals surface area contributed by atoms with Gasteiger partial charge in [0.25, 0.3) is 11.7 Å². The van der Waals surface area contributed by atoms with E-state index in [-0.39, 0.29) is 23.7 Å². The van der Waals surface area contributed by atoms with Crippen molar-refractivity contribution >= 4 is 5.91 Å². The Hall–Kier alpha value is -1.69. The topological polar surface area (TPSA) is 94.0 Å². The van der Waals surface area contributed by atoms with E-state index in [1.165, 1.54) is 7.05 Å². The molecule has 0 radical (unpaired) electrons.